The second-order valence-electron chi connectivity index (χ2n) is 6.63. The summed E-state index contributed by atoms with van der Waals surface area (Å²) in [6.45, 7) is 1.17. The Hall–Kier alpha value is -0.750. The average molecular weight is 486 g/mol. The van der Waals surface area contributed by atoms with Gasteiger partial charge in [0.05, 0.1) is 16.0 Å². The number of likely N-dealkylation sites (tertiary alicyclic amines) is 1. The SMILES string of the molecule is CN1CC(F)C2(Nc3cccc4c(SC(F)(F)F)c(I)nn34)CC2C1. The van der Waals surface area contributed by atoms with E-state index < -0.39 is 17.2 Å². The Morgan fingerprint density at radius 2 is 2.12 bits per heavy atom. The van der Waals surface area contributed by atoms with Gasteiger partial charge in [-0.1, -0.05) is 6.07 Å². The second kappa shape index (κ2) is 5.88. The number of rotatable bonds is 3. The zero-order chi connectivity index (χ0) is 18.0. The van der Waals surface area contributed by atoms with Gasteiger partial charge in [-0.2, -0.15) is 18.3 Å². The molecule has 4 nitrogen and oxygen atoms in total. The Labute approximate surface area is 159 Å². The van der Waals surface area contributed by atoms with E-state index in [9.17, 15) is 17.6 Å². The molecule has 1 N–H and O–H groups in total. The molecule has 25 heavy (non-hydrogen) atoms. The number of alkyl halides is 4. The molecule has 1 aliphatic heterocycles. The van der Waals surface area contributed by atoms with Crippen molar-refractivity contribution in [3.8, 4) is 0 Å². The molecule has 3 unspecified atom stereocenters. The summed E-state index contributed by atoms with van der Waals surface area (Å²) in [5.74, 6) is 0.731. The first-order chi connectivity index (χ1) is 11.7. The van der Waals surface area contributed by atoms with Crippen molar-refractivity contribution in [2.45, 2.75) is 28.5 Å². The van der Waals surface area contributed by atoms with Gasteiger partial charge in [0.15, 0.2) is 0 Å². The molecule has 2 fully saturated rings. The molecule has 2 aromatic rings. The lowest BCUT2D eigenvalue weighted by Gasteiger charge is -2.33. The minimum atomic E-state index is -4.38. The van der Waals surface area contributed by atoms with Crippen molar-refractivity contribution in [3.05, 3.63) is 21.9 Å². The minimum Gasteiger partial charge on any atom is -0.361 e. The normalized spacial score (nSPS) is 29.7. The molecule has 1 saturated heterocycles. The van der Waals surface area contributed by atoms with Crippen LogP contribution in [0.15, 0.2) is 23.1 Å². The van der Waals surface area contributed by atoms with E-state index in [0.29, 0.717) is 17.9 Å². The number of nitrogens with zero attached hydrogens (tertiary/aromatic N) is 3. The molecular weight excluding hydrogens is 471 g/mol. The van der Waals surface area contributed by atoms with Gasteiger partial charge in [-0.3, -0.25) is 0 Å². The fourth-order valence-corrected chi connectivity index (χ4v) is 5.08. The molecule has 3 heterocycles. The van der Waals surface area contributed by atoms with E-state index in [4.69, 9.17) is 0 Å². The van der Waals surface area contributed by atoms with Crippen LogP contribution >= 0.6 is 34.4 Å². The summed E-state index contributed by atoms with van der Waals surface area (Å²) in [6, 6.07) is 5.00. The highest BCUT2D eigenvalue weighted by molar-refractivity contribution is 14.1. The van der Waals surface area contributed by atoms with Crippen LogP contribution in [0.4, 0.5) is 23.4 Å². The number of anilines is 1. The quantitative estimate of drug-likeness (QED) is 0.404. The van der Waals surface area contributed by atoms with Gasteiger partial charge in [0, 0.05) is 13.1 Å². The van der Waals surface area contributed by atoms with Gasteiger partial charge >= 0.3 is 5.51 Å². The highest BCUT2D eigenvalue weighted by Gasteiger charge is 2.62. The predicted octanol–water partition coefficient (Wildman–Crippen LogP) is 4.00. The van der Waals surface area contributed by atoms with Crippen molar-refractivity contribution < 1.29 is 17.6 Å². The maximum Gasteiger partial charge on any atom is 0.446 e. The number of piperidine rings is 1. The number of aromatic nitrogens is 2. The van der Waals surface area contributed by atoms with Crippen LogP contribution in [0.25, 0.3) is 5.52 Å². The molecule has 0 bridgehead atoms. The molecule has 136 valence electrons. The van der Waals surface area contributed by atoms with Gasteiger partial charge in [-0.15, -0.1) is 0 Å². The third-order valence-electron chi connectivity index (χ3n) is 4.87. The first-order valence-corrected chi connectivity index (χ1v) is 9.63. The van der Waals surface area contributed by atoms with Crippen molar-refractivity contribution >= 4 is 45.7 Å². The van der Waals surface area contributed by atoms with Gasteiger partial charge < -0.3 is 10.2 Å². The van der Waals surface area contributed by atoms with Gasteiger partial charge in [0.1, 0.15) is 15.7 Å². The second-order valence-corrected chi connectivity index (χ2v) is 8.73. The predicted molar refractivity (Wildman–Crippen MR) is 96.7 cm³/mol. The smallest absolute Gasteiger partial charge is 0.361 e. The van der Waals surface area contributed by atoms with E-state index in [-0.39, 0.29) is 26.3 Å². The third kappa shape index (κ3) is 3.09. The van der Waals surface area contributed by atoms with Gasteiger partial charge in [0.25, 0.3) is 0 Å². The third-order valence-corrected chi connectivity index (χ3v) is 6.83. The Kier molecular flexibility index (Phi) is 4.15. The number of halogens is 5. The summed E-state index contributed by atoms with van der Waals surface area (Å²) in [5, 5.41) is 7.49. The molecule has 10 heteroatoms. The maximum absolute atomic E-state index is 14.6. The van der Waals surface area contributed by atoms with Gasteiger partial charge in [-0.25, -0.2) is 8.91 Å². The summed E-state index contributed by atoms with van der Waals surface area (Å²) in [7, 11) is 1.89. The fraction of sp³-hybridized carbons (Fsp3) is 0.533. The van der Waals surface area contributed by atoms with Crippen molar-refractivity contribution in [2.24, 2.45) is 5.92 Å². The van der Waals surface area contributed by atoms with Crippen molar-refractivity contribution in [1.29, 1.82) is 0 Å². The van der Waals surface area contributed by atoms with Crippen LogP contribution in [0.1, 0.15) is 6.42 Å². The Bertz CT molecular complexity index is 826. The number of nitrogens with one attached hydrogen (secondary N) is 1. The molecule has 0 spiro atoms. The summed E-state index contributed by atoms with van der Waals surface area (Å²) >= 11 is 1.63. The highest BCUT2D eigenvalue weighted by atomic mass is 127. The molecule has 4 rings (SSSR count). The highest BCUT2D eigenvalue weighted by Crippen LogP contribution is 2.52. The van der Waals surface area contributed by atoms with E-state index in [2.05, 4.69) is 10.4 Å². The van der Waals surface area contributed by atoms with Crippen LogP contribution in [-0.4, -0.2) is 51.9 Å². The molecule has 3 atom stereocenters. The Morgan fingerprint density at radius 3 is 2.80 bits per heavy atom. The van der Waals surface area contributed by atoms with E-state index in [0.717, 1.165) is 13.0 Å². The zero-order valence-corrected chi connectivity index (χ0v) is 16.1. The van der Waals surface area contributed by atoms with E-state index in [1.807, 2.05) is 11.9 Å². The summed E-state index contributed by atoms with van der Waals surface area (Å²) in [4.78, 5) is 2.04. The van der Waals surface area contributed by atoms with Crippen LogP contribution in [0.2, 0.25) is 0 Å². The molecule has 1 aliphatic carbocycles. The first kappa shape index (κ1) is 17.7. The molecule has 0 radical (unpaired) electrons. The molecule has 0 amide bonds. The average Bonchev–Trinajstić information content (AvgIpc) is 3.11. The van der Waals surface area contributed by atoms with Crippen molar-refractivity contribution in [2.75, 3.05) is 25.5 Å². The first-order valence-electron chi connectivity index (χ1n) is 7.73. The largest absolute Gasteiger partial charge is 0.446 e. The van der Waals surface area contributed by atoms with Crippen molar-refractivity contribution in [1.82, 2.24) is 14.5 Å². The van der Waals surface area contributed by atoms with Crippen LogP contribution in [0.3, 0.4) is 0 Å². The number of hydrogen-bond acceptors (Lipinski definition) is 4. The topological polar surface area (TPSA) is 32.6 Å². The lowest BCUT2D eigenvalue weighted by molar-refractivity contribution is -0.0328. The van der Waals surface area contributed by atoms with E-state index >= 15 is 0 Å². The van der Waals surface area contributed by atoms with Gasteiger partial charge in [-0.05, 0) is 65.9 Å². The number of fused-ring (bicyclic) bond motifs is 2. The van der Waals surface area contributed by atoms with Crippen LogP contribution < -0.4 is 5.32 Å². The summed E-state index contributed by atoms with van der Waals surface area (Å²) < 4.78 is 54.8. The molecule has 2 aliphatic rings. The van der Waals surface area contributed by atoms with Crippen LogP contribution in [0, 0.1) is 9.62 Å². The zero-order valence-electron chi connectivity index (χ0n) is 13.1. The Balaban J connectivity index is 1.69. The lowest BCUT2D eigenvalue weighted by atomic mass is 10.0. The number of thioether (sulfide) groups is 1. The summed E-state index contributed by atoms with van der Waals surface area (Å²) in [5.41, 5.74) is -4.64. The fourth-order valence-electron chi connectivity index (χ4n) is 3.64. The van der Waals surface area contributed by atoms with E-state index in [1.165, 1.54) is 4.52 Å². The van der Waals surface area contributed by atoms with E-state index in [1.54, 1.807) is 40.8 Å². The standard InChI is InChI=1S/C15H15F4IN4S/c1-23-6-8-5-14(8,10(16)7-23)21-11-4-2-3-9-12(25-15(17,18)19)13(20)22-24(9)11/h2-4,8,10,21H,5-7H2,1H3. The lowest BCUT2D eigenvalue weighted by Crippen LogP contribution is -2.48. The monoisotopic (exact) mass is 486 g/mol. The number of pyridine rings is 1. The molecule has 0 aromatic carbocycles. The molecule has 1 saturated carbocycles. The van der Waals surface area contributed by atoms with Crippen LogP contribution in [0.5, 0.6) is 0 Å². The van der Waals surface area contributed by atoms with Gasteiger partial charge in [0.2, 0.25) is 0 Å². The molecular formula is C15H15F4IN4S. The molecule has 2 aromatic heterocycles. The number of hydrogen-bond donors (Lipinski definition) is 1. The van der Waals surface area contributed by atoms with Crippen LogP contribution in [-0.2, 0) is 0 Å². The van der Waals surface area contributed by atoms with Crippen molar-refractivity contribution in [3.63, 3.8) is 0 Å². The maximum atomic E-state index is 14.6. The Morgan fingerprint density at radius 1 is 1.36 bits per heavy atom. The minimum absolute atomic E-state index is 0.0711. The summed E-state index contributed by atoms with van der Waals surface area (Å²) in [6.07, 6.45) is -0.303.